The highest BCUT2D eigenvalue weighted by Gasteiger charge is 2.09. The van der Waals surface area contributed by atoms with Gasteiger partial charge in [0.05, 0.1) is 6.61 Å². The van der Waals surface area contributed by atoms with E-state index in [0.717, 1.165) is 5.69 Å². The first-order chi connectivity index (χ1) is 13.0. The number of aryl methyl sites for hydroxylation is 1. The van der Waals surface area contributed by atoms with E-state index in [1.54, 1.807) is 31.3 Å². The van der Waals surface area contributed by atoms with E-state index < -0.39 is 6.10 Å². The number of nitrogens with zero attached hydrogens (tertiary/aromatic N) is 1. The molecule has 0 amide bonds. The van der Waals surface area contributed by atoms with E-state index in [9.17, 15) is 9.90 Å². The third-order valence-electron chi connectivity index (χ3n) is 3.74. The Kier molecular flexibility index (Phi) is 7.82. The van der Waals surface area contributed by atoms with Gasteiger partial charge in [-0.1, -0.05) is 12.1 Å². The lowest BCUT2D eigenvalue weighted by atomic mass is 10.1. The Morgan fingerprint density at radius 3 is 2.56 bits per heavy atom. The van der Waals surface area contributed by atoms with Crippen molar-refractivity contribution in [3.05, 3.63) is 65.6 Å². The fourth-order valence-electron chi connectivity index (χ4n) is 2.31. The molecule has 1 aromatic heterocycles. The van der Waals surface area contributed by atoms with Gasteiger partial charge in [0, 0.05) is 35.8 Å². The van der Waals surface area contributed by atoms with Gasteiger partial charge in [0.2, 0.25) is 0 Å². The summed E-state index contributed by atoms with van der Waals surface area (Å²) in [6.07, 6.45) is 2.31. The van der Waals surface area contributed by atoms with Crippen molar-refractivity contribution in [3.8, 4) is 11.5 Å². The number of hydrogen-bond donors (Lipinski definition) is 2. The molecule has 0 aliphatic carbocycles. The van der Waals surface area contributed by atoms with E-state index in [4.69, 9.17) is 9.47 Å². The second-order valence-electron chi connectivity index (χ2n) is 6.11. The lowest BCUT2D eigenvalue weighted by molar-refractivity contribution is 0.103. The minimum atomic E-state index is -0.737. The van der Waals surface area contributed by atoms with Gasteiger partial charge in [-0.2, -0.15) is 0 Å². The highest BCUT2D eigenvalue weighted by molar-refractivity contribution is 6.04. The lowest BCUT2D eigenvalue weighted by Crippen LogP contribution is -2.30. The Balaban J connectivity index is 1.81. The zero-order valence-corrected chi connectivity index (χ0v) is 15.9. The highest BCUT2D eigenvalue weighted by Crippen LogP contribution is 2.26. The summed E-state index contributed by atoms with van der Waals surface area (Å²) in [5.74, 6) is 1.10. The molecule has 2 aromatic rings. The molecule has 0 spiro atoms. The summed E-state index contributed by atoms with van der Waals surface area (Å²) in [4.78, 5) is 16.3. The summed E-state index contributed by atoms with van der Waals surface area (Å²) in [6, 6.07) is 10.9. The largest absolute Gasteiger partial charge is 0.490 e. The monoisotopic (exact) mass is 370 g/mol. The average molecular weight is 370 g/mol. The van der Waals surface area contributed by atoms with E-state index >= 15 is 0 Å². The van der Waals surface area contributed by atoms with Crippen molar-refractivity contribution >= 4 is 5.78 Å². The van der Waals surface area contributed by atoms with Crippen molar-refractivity contribution in [1.82, 2.24) is 10.3 Å². The molecule has 6 nitrogen and oxygen atoms in total. The van der Waals surface area contributed by atoms with E-state index in [1.807, 2.05) is 32.0 Å². The molecule has 1 heterocycles. The SMILES string of the molecule is CCOc1ccccc1OCC(O)CN/C(C)=C/C(=O)c1ccc(C)nc1. The number of ketones is 1. The fourth-order valence-corrected chi connectivity index (χ4v) is 2.31. The molecule has 0 saturated carbocycles. The van der Waals surface area contributed by atoms with E-state index in [0.29, 0.717) is 29.4 Å². The lowest BCUT2D eigenvalue weighted by Gasteiger charge is -2.16. The third kappa shape index (κ3) is 6.75. The number of carbonyl (C=O) groups is 1. The maximum atomic E-state index is 12.2. The smallest absolute Gasteiger partial charge is 0.189 e. The van der Waals surface area contributed by atoms with Crippen LogP contribution in [0.3, 0.4) is 0 Å². The van der Waals surface area contributed by atoms with E-state index in [2.05, 4.69) is 10.3 Å². The number of pyridine rings is 1. The van der Waals surface area contributed by atoms with Crippen molar-refractivity contribution in [2.24, 2.45) is 0 Å². The van der Waals surface area contributed by atoms with Gasteiger partial charge in [-0.05, 0) is 45.0 Å². The van der Waals surface area contributed by atoms with Gasteiger partial charge in [-0.15, -0.1) is 0 Å². The summed E-state index contributed by atoms with van der Waals surface area (Å²) in [5, 5.41) is 13.1. The zero-order valence-electron chi connectivity index (χ0n) is 15.9. The molecule has 1 unspecified atom stereocenters. The third-order valence-corrected chi connectivity index (χ3v) is 3.74. The Morgan fingerprint density at radius 2 is 1.93 bits per heavy atom. The summed E-state index contributed by atoms with van der Waals surface area (Å²) < 4.78 is 11.1. The normalized spacial score (nSPS) is 12.4. The molecule has 1 atom stereocenters. The summed E-state index contributed by atoms with van der Waals surface area (Å²) in [7, 11) is 0. The fraction of sp³-hybridized carbons (Fsp3) is 0.333. The number of nitrogens with one attached hydrogen (secondary N) is 1. The predicted octanol–water partition coefficient (Wildman–Crippen LogP) is 2.90. The molecule has 1 aromatic carbocycles. The second kappa shape index (κ2) is 10.3. The number of para-hydroxylation sites is 2. The summed E-state index contributed by atoms with van der Waals surface area (Å²) in [6.45, 7) is 6.46. The van der Waals surface area contributed by atoms with Crippen molar-refractivity contribution in [1.29, 1.82) is 0 Å². The van der Waals surface area contributed by atoms with Crippen molar-refractivity contribution in [3.63, 3.8) is 0 Å². The average Bonchev–Trinajstić information content (AvgIpc) is 2.66. The van der Waals surface area contributed by atoms with E-state index in [1.165, 1.54) is 6.08 Å². The Morgan fingerprint density at radius 1 is 1.22 bits per heavy atom. The first-order valence-corrected chi connectivity index (χ1v) is 8.91. The molecule has 0 radical (unpaired) electrons. The number of allylic oxidation sites excluding steroid dienone is 2. The molecule has 144 valence electrons. The second-order valence-corrected chi connectivity index (χ2v) is 6.11. The van der Waals surface area contributed by atoms with Gasteiger partial charge in [-0.3, -0.25) is 9.78 Å². The summed E-state index contributed by atoms with van der Waals surface area (Å²) in [5.41, 5.74) is 2.05. The number of aromatic nitrogens is 1. The van der Waals surface area contributed by atoms with Crippen LogP contribution in [-0.4, -0.2) is 41.7 Å². The zero-order chi connectivity index (χ0) is 19.6. The van der Waals surface area contributed by atoms with Crippen LogP contribution >= 0.6 is 0 Å². The van der Waals surface area contributed by atoms with Gasteiger partial charge in [-0.25, -0.2) is 0 Å². The number of benzene rings is 1. The van der Waals surface area contributed by atoms with Crippen molar-refractivity contribution in [2.45, 2.75) is 26.9 Å². The first-order valence-electron chi connectivity index (χ1n) is 8.91. The van der Waals surface area contributed by atoms with Crippen LogP contribution in [0.5, 0.6) is 11.5 Å². The van der Waals surface area contributed by atoms with Crippen LogP contribution in [0.15, 0.2) is 54.4 Å². The van der Waals surface area contributed by atoms with Gasteiger partial charge < -0.3 is 19.9 Å². The minimum absolute atomic E-state index is 0.111. The summed E-state index contributed by atoms with van der Waals surface area (Å²) >= 11 is 0. The van der Waals surface area contributed by atoms with Crippen LogP contribution in [0.2, 0.25) is 0 Å². The standard InChI is InChI=1S/C21H26N2O4/c1-4-26-20-7-5-6-8-21(20)27-14-18(24)13-23-16(3)11-19(25)17-10-9-15(2)22-12-17/h5-12,18,23-24H,4,13-14H2,1-3H3/b16-11+. The van der Waals surface area contributed by atoms with Crippen LogP contribution in [0.1, 0.15) is 29.9 Å². The number of hydrogen-bond acceptors (Lipinski definition) is 6. The van der Waals surface area contributed by atoms with Gasteiger partial charge in [0.25, 0.3) is 0 Å². The van der Waals surface area contributed by atoms with Crippen LogP contribution in [-0.2, 0) is 0 Å². The molecular formula is C21H26N2O4. The van der Waals surface area contributed by atoms with Crippen LogP contribution in [0.25, 0.3) is 0 Å². The van der Waals surface area contributed by atoms with Gasteiger partial charge in [0.15, 0.2) is 17.3 Å². The number of rotatable bonds is 10. The van der Waals surface area contributed by atoms with Crippen LogP contribution < -0.4 is 14.8 Å². The Bertz CT molecular complexity index is 772. The molecule has 6 heteroatoms. The number of ether oxygens (including phenoxy) is 2. The topological polar surface area (TPSA) is 80.7 Å². The maximum absolute atomic E-state index is 12.2. The molecule has 0 saturated heterocycles. The molecule has 2 rings (SSSR count). The Hall–Kier alpha value is -2.86. The molecule has 2 N–H and O–H groups in total. The molecule has 0 aliphatic rings. The van der Waals surface area contributed by atoms with Crippen molar-refractivity contribution in [2.75, 3.05) is 19.8 Å². The highest BCUT2D eigenvalue weighted by atomic mass is 16.5. The number of carbonyl (C=O) groups excluding carboxylic acids is 1. The molecule has 0 aliphatic heterocycles. The quantitative estimate of drug-likeness (QED) is 0.494. The van der Waals surface area contributed by atoms with Gasteiger partial charge in [0.1, 0.15) is 12.7 Å². The van der Waals surface area contributed by atoms with Crippen molar-refractivity contribution < 1.29 is 19.4 Å². The minimum Gasteiger partial charge on any atom is -0.490 e. The molecule has 0 fully saturated rings. The number of aliphatic hydroxyl groups is 1. The first kappa shape index (κ1) is 20.5. The Labute approximate surface area is 159 Å². The van der Waals surface area contributed by atoms with E-state index in [-0.39, 0.29) is 18.9 Å². The molecule has 27 heavy (non-hydrogen) atoms. The molecular weight excluding hydrogens is 344 g/mol. The maximum Gasteiger partial charge on any atom is 0.189 e. The number of aliphatic hydroxyl groups excluding tert-OH is 1. The van der Waals surface area contributed by atoms with Gasteiger partial charge >= 0.3 is 0 Å². The van der Waals surface area contributed by atoms with Crippen LogP contribution in [0.4, 0.5) is 0 Å². The van der Waals surface area contributed by atoms with Crippen LogP contribution in [0, 0.1) is 6.92 Å². The predicted molar refractivity (Wildman–Crippen MR) is 104 cm³/mol. The molecule has 0 bridgehead atoms.